The highest BCUT2D eigenvalue weighted by Crippen LogP contribution is 2.09. The third-order valence-corrected chi connectivity index (χ3v) is 6.97. The van der Waals surface area contributed by atoms with E-state index >= 15 is 0 Å². The quantitative estimate of drug-likeness (QED) is 0.351. The van der Waals surface area contributed by atoms with E-state index < -0.39 is 53.7 Å². The third-order valence-electron chi connectivity index (χ3n) is 6.33. The maximum atomic E-state index is 13.2. The number of nitrogens with one attached hydrogen (secondary N) is 4. The Bertz CT molecular complexity index is 992. The number of benzene rings is 1. The molecule has 4 atom stereocenters. The molecule has 39 heavy (non-hydrogen) atoms. The summed E-state index contributed by atoms with van der Waals surface area (Å²) in [4.78, 5) is 66.8. The molecule has 1 heterocycles. The third kappa shape index (κ3) is 10.5. The molecule has 1 aliphatic heterocycles. The van der Waals surface area contributed by atoms with Crippen LogP contribution in [-0.4, -0.2) is 97.4 Å². The largest absolute Gasteiger partial charge is 0.375 e. The lowest BCUT2D eigenvalue weighted by Gasteiger charge is -2.29. The highest BCUT2D eigenvalue weighted by molar-refractivity contribution is 7.98. The summed E-state index contributed by atoms with van der Waals surface area (Å²) in [6.07, 6.45) is 2.63. The molecule has 0 bridgehead atoms. The van der Waals surface area contributed by atoms with E-state index in [0.717, 1.165) is 5.56 Å². The zero-order valence-electron chi connectivity index (χ0n) is 23.3. The average molecular weight is 564 g/mol. The van der Waals surface area contributed by atoms with E-state index in [1.54, 1.807) is 20.8 Å². The van der Waals surface area contributed by atoms with Gasteiger partial charge in [0.05, 0.1) is 12.6 Å². The van der Waals surface area contributed by atoms with Gasteiger partial charge in [-0.2, -0.15) is 11.8 Å². The summed E-state index contributed by atoms with van der Waals surface area (Å²) in [5, 5.41) is 11.1. The molecule has 2 rings (SSSR count). The van der Waals surface area contributed by atoms with Gasteiger partial charge in [-0.25, -0.2) is 0 Å². The van der Waals surface area contributed by atoms with Crippen molar-refractivity contribution in [2.24, 2.45) is 5.92 Å². The summed E-state index contributed by atoms with van der Waals surface area (Å²) in [5.74, 6) is -2.10. The fourth-order valence-corrected chi connectivity index (χ4v) is 4.67. The van der Waals surface area contributed by atoms with E-state index in [1.165, 1.54) is 23.8 Å². The molecule has 0 spiro atoms. The molecule has 0 aliphatic carbocycles. The first-order valence-corrected chi connectivity index (χ1v) is 14.4. The standard InChI is InChI=1S/C27H41N5O6S/c1-17(2)24-27(37)30-21(11-12-39-5)26(36)28-18(3)25(35)29-20(13-19-9-7-6-8-10-19)14-32(15-22(33)31-24)23(34)16-38-4/h6-10,17-18,20-21,24H,11-16H2,1-5H3,(H,28,36)(H,29,35)(H,30,37)(H,31,33)/t18-,20+,21-,24-/m0/s1. The topological polar surface area (TPSA) is 146 Å². The first-order chi connectivity index (χ1) is 18.5. The van der Waals surface area contributed by atoms with Gasteiger partial charge in [-0.3, -0.25) is 24.0 Å². The molecule has 1 aromatic carbocycles. The molecular formula is C27H41N5O6S. The highest BCUT2D eigenvalue weighted by atomic mass is 32.2. The molecule has 216 valence electrons. The molecule has 1 saturated heterocycles. The number of rotatable bonds is 8. The van der Waals surface area contributed by atoms with Gasteiger partial charge in [-0.1, -0.05) is 44.2 Å². The number of carbonyl (C=O) groups excluding carboxylic acids is 5. The van der Waals surface area contributed by atoms with Crippen LogP contribution in [0.15, 0.2) is 30.3 Å². The molecule has 11 nitrogen and oxygen atoms in total. The summed E-state index contributed by atoms with van der Waals surface area (Å²) in [7, 11) is 1.38. The fourth-order valence-electron chi connectivity index (χ4n) is 4.19. The molecule has 1 fully saturated rings. The smallest absolute Gasteiger partial charge is 0.249 e. The number of hydrogen-bond donors (Lipinski definition) is 4. The Morgan fingerprint density at radius 2 is 1.72 bits per heavy atom. The van der Waals surface area contributed by atoms with E-state index in [4.69, 9.17) is 4.74 Å². The van der Waals surface area contributed by atoms with Crippen LogP contribution in [0, 0.1) is 5.92 Å². The van der Waals surface area contributed by atoms with E-state index in [1.807, 2.05) is 36.6 Å². The normalized spacial score (nSPS) is 23.7. The average Bonchev–Trinajstić information content (AvgIpc) is 2.89. The molecule has 4 N–H and O–H groups in total. The van der Waals surface area contributed by atoms with Crippen molar-refractivity contribution < 1.29 is 28.7 Å². The summed E-state index contributed by atoms with van der Waals surface area (Å²) in [5.41, 5.74) is 0.924. The number of thioether (sulfide) groups is 1. The van der Waals surface area contributed by atoms with Crippen LogP contribution in [-0.2, 0) is 35.1 Å². The van der Waals surface area contributed by atoms with Crippen LogP contribution in [0.5, 0.6) is 0 Å². The molecular weight excluding hydrogens is 522 g/mol. The van der Waals surface area contributed by atoms with Gasteiger partial charge in [-0.15, -0.1) is 0 Å². The number of nitrogens with zero attached hydrogens (tertiary/aromatic N) is 1. The van der Waals surface area contributed by atoms with Gasteiger partial charge in [0.15, 0.2) is 0 Å². The van der Waals surface area contributed by atoms with Gasteiger partial charge in [0.25, 0.3) is 0 Å². The lowest BCUT2D eigenvalue weighted by molar-refractivity contribution is -0.140. The van der Waals surface area contributed by atoms with Crippen LogP contribution >= 0.6 is 11.8 Å². The molecule has 0 radical (unpaired) electrons. The van der Waals surface area contributed by atoms with Crippen molar-refractivity contribution in [1.29, 1.82) is 0 Å². The zero-order chi connectivity index (χ0) is 28.9. The van der Waals surface area contributed by atoms with Crippen LogP contribution in [0.4, 0.5) is 0 Å². The monoisotopic (exact) mass is 563 g/mol. The predicted molar refractivity (Wildman–Crippen MR) is 150 cm³/mol. The van der Waals surface area contributed by atoms with Gasteiger partial charge < -0.3 is 30.9 Å². The maximum Gasteiger partial charge on any atom is 0.249 e. The van der Waals surface area contributed by atoms with Crippen molar-refractivity contribution >= 4 is 41.3 Å². The zero-order valence-corrected chi connectivity index (χ0v) is 24.1. The Morgan fingerprint density at radius 1 is 1.03 bits per heavy atom. The molecule has 12 heteroatoms. The number of methoxy groups -OCH3 is 1. The second-order valence-electron chi connectivity index (χ2n) is 9.96. The number of amides is 5. The fraction of sp³-hybridized carbons (Fsp3) is 0.593. The Hall–Kier alpha value is -3.12. The van der Waals surface area contributed by atoms with Gasteiger partial charge >= 0.3 is 0 Å². The number of carbonyl (C=O) groups is 5. The van der Waals surface area contributed by atoms with Gasteiger partial charge in [0.2, 0.25) is 29.5 Å². The molecule has 0 saturated carbocycles. The lowest BCUT2D eigenvalue weighted by atomic mass is 10.0. The Kier molecular flexibility index (Phi) is 13.2. The molecule has 1 aromatic rings. The molecule has 5 amide bonds. The Morgan fingerprint density at radius 3 is 2.33 bits per heavy atom. The summed E-state index contributed by atoms with van der Waals surface area (Å²) < 4.78 is 5.02. The van der Waals surface area contributed by atoms with Crippen LogP contribution in [0.2, 0.25) is 0 Å². The van der Waals surface area contributed by atoms with Gasteiger partial charge in [0, 0.05) is 13.7 Å². The van der Waals surface area contributed by atoms with Crippen molar-refractivity contribution in [2.45, 2.75) is 57.8 Å². The van der Waals surface area contributed by atoms with E-state index in [0.29, 0.717) is 18.6 Å². The van der Waals surface area contributed by atoms with Gasteiger partial charge in [0.1, 0.15) is 24.7 Å². The predicted octanol–water partition coefficient (Wildman–Crippen LogP) is 0.0859. The van der Waals surface area contributed by atoms with Crippen molar-refractivity contribution in [2.75, 3.05) is 38.8 Å². The molecule has 1 aliphatic rings. The Labute approximate surface area is 234 Å². The van der Waals surface area contributed by atoms with Crippen LogP contribution in [0.3, 0.4) is 0 Å². The van der Waals surface area contributed by atoms with Crippen LogP contribution < -0.4 is 21.3 Å². The van der Waals surface area contributed by atoms with E-state index in [-0.39, 0.29) is 25.6 Å². The number of ether oxygens (including phenoxy) is 1. The molecule has 0 unspecified atom stereocenters. The number of hydrogen-bond acceptors (Lipinski definition) is 7. The lowest BCUT2D eigenvalue weighted by Crippen LogP contribution is -2.57. The Balaban J connectivity index is 2.45. The SMILES string of the molecule is COCC(=O)N1CC(=O)N[C@@H](C(C)C)C(=O)N[C@@H](CCSC)C(=O)N[C@@H](C)C(=O)N[C@H](Cc2ccccc2)C1. The van der Waals surface area contributed by atoms with Crippen LogP contribution in [0.1, 0.15) is 32.8 Å². The first-order valence-electron chi connectivity index (χ1n) is 13.1. The van der Waals surface area contributed by atoms with Crippen molar-refractivity contribution in [3.05, 3.63) is 35.9 Å². The highest BCUT2D eigenvalue weighted by Gasteiger charge is 2.32. The van der Waals surface area contributed by atoms with Crippen LogP contribution in [0.25, 0.3) is 0 Å². The van der Waals surface area contributed by atoms with Crippen molar-refractivity contribution in [3.8, 4) is 0 Å². The minimum atomic E-state index is -0.927. The maximum absolute atomic E-state index is 13.2. The second kappa shape index (κ2) is 16.1. The second-order valence-corrected chi connectivity index (χ2v) is 11.0. The van der Waals surface area contributed by atoms with E-state index in [9.17, 15) is 24.0 Å². The summed E-state index contributed by atoms with van der Waals surface area (Å²) in [6.45, 7) is 4.56. The molecule has 0 aromatic heterocycles. The minimum absolute atomic E-state index is 0.0196. The van der Waals surface area contributed by atoms with Crippen molar-refractivity contribution in [3.63, 3.8) is 0 Å². The summed E-state index contributed by atoms with van der Waals surface area (Å²) >= 11 is 1.53. The van der Waals surface area contributed by atoms with Crippen molar-refractivity contribution in [1.82, 2.24) is 26.2 Å². The minimum Gasteiger partial charge on any atom is -0.375 e. The van der Waals surface area contributed by atoms with E-state index in [2.05, 4.69) is 21.3 Å². The van der Waals surface area contributed by atoms with Gasteiger partial charge in [-0.05, 0) is 43.3 Å². The first kappa shape index (κ1) is 32.1. The summed E-state index contributed by atoms with van der Waals surface area (Å²) in [6, 6.07) is 6.15.